The molecule has 21 heavy (non-hydrogen) atoms. The molecule has 0 bridgehead atoms. The summed E-state index contributed by atoms with van der Waals surface area (Å²) < 4.78 is 0. The number of nitrogens with zero attached hydrogens (tertiary/aromatic N) is 1. The van der Waals surface area contributed by atoms with E-state index in [4.69, 9.17) is 16.7 Å². The molecule has 0 aliphatic rings. The van der Waals surface area contributed by atoms with Gasteiger partial charge in [-0.1, -0.05) is 23.7 Å². The number of benzene rings is 2. The van der Waals surface area contributed by atoms with E-state index in [9.17, 15) is 9.59 Å². The SMILES string of the molecule is Cc1cccc(C(=O)N(C)c2ccc(C(=O)O)cc2)c1Cl. The smallest absolute Gasteiger partial charge is 0.335 e. The van der Waals surface area contributed by atoms with Crippen LogP contribution >= 0.6 is 11.6 Å². The first-order valence-corrected chi connectivity index (χ1v) is 6.66. The summed E-state index contributed by atoms with van der Waals surface area (Å²) in [5.41, 5.74) is 2.02. The number of carbonyl (C=O) groups excluding carboxylic acids is 1. The number of rotatable bonds is 3. The van der Waals surface area contributed by atoms with E-state index >= 15 is 0 Å². The molecule has 5 heteroatoms. The van der Waals surface area contributed by atoms with Gasteiger partial charge in [-0.25, -0.2) is 4.79 Å². The van der Waals surface area contributed by atoms with Crippen molar-refractivity contribution in [1.29, 1.82) is 0 Å². The highest BCUT2D eigenvalue weighted by Crippen LogP contribution is 2.24. The summed E-state index contributed by atoms with van der Waals surface area (Å²) >= 11 is 6.16. The summed E-state index contributed by atoms with van der Waals surface area (Å²) in [5, 5.41) is 9.30. The third-order valence-corrected chi connectivity index (χ3v) is 3.73. The molecule has 2 rings (SSSR count). The third-order valence-electron chi connectivity index (χ3n) is 3.23. The Morgan fingerprint density at radius 3 is 2.29 bits per heavy atom. The molecule has 1 N–H and O–H groups in total. The fourth-order valence-electron chi connectivity index (χ4n) is 1.94. The second-order valence-electron chi connectivity index (χ2n) is 4.65. The zero-order chi connectivity index (χ0) is 15.6. The zero-order valence-corrected chi connectivity index (χ0v) is 12.4. The molecule has 0 aliphatic carbocycles. The van der Waals surface area contributed by atoms with E-state index in [1.165, 1.54) is 17.0 Å². The van der Waals surface area contributed by atoms with Crippen LogP contribution in [0.25, 0.3) is 0 Å². The van der Waals surface area contributed by atoms with Crippen molar-refractivity contribution in [3.63, 3.8) is 0 Å². The number of aryl methyl sites for hydroxylation is 1. The Hall–Kier alpha value is -2.33. The number of hydrogen-bond acceptors (Lipinski definition) is 2. The van der Waals surface area contributed by atoms with Gasteiger partial charge in [-0.15, -0.1) is 0 Å². The number of carboxylic acid groups (broad SMARTS) is 1. The first-order valence-electron chi connectivity index (χ1n) is 6.28. The molecule has 1 amide bonds. The number of amides is 1. The minimum Gasteiger partial charge on any atom is -0.478 e. The van der Waals surface area contributed by atoms with E-state index in [2.05, 4.69) is 0 Å². The van der Waals surface area contributed by atoms with Crippen molar-refractivity contribution in [2.24, 2.45) is 0 Å². The van der Waals surface area contributed by atoms with Crippen molar-refractivity contribution < 1.29 is 14.7 Å². The molecular weight excluding hydrogens is 290 g/mol. The van der Waals surface area contributed by atoms with Crippen LogP contribution in [0.4, 0.5) is 5.69 Å². The van der Waals surface area contributed by atoms with E-state index < -0.39 is 5.97 Å². The Morgan fingerprint density at radius 1 is 1.10 bits per heavy atom. The summed E-state index contributed by atoms with van der Waals surface area (Å²) in [6.07, 6.45) is 0. The van der Waals surface area contributed by atoms with Crippen LogP contribution < -0.4 is 4.90 Å². The van der Waals surface area contributed by atoms with Crippen LogP contribution in [0.15, 0.2) is 42.5 Å². The summed E-state index contributed by atoms with van der Waals surface area (Å²) in [6, 6.07) is 11.4. The predicted octanol–water partition coefficient (Wildman–Crippen LogP) is 3.62. The topological polar surface area (TPSA) is 57.6 Å². The average Bonchev–Trinajstić information content (AvgIpc) is 2.48. The minimum atomic E-state index is -1.00. The van der Waals surface area contributed by atoms with Gasteiger partial charge >= 0.3 is 5.97 Å². The maximum atomic E-state index is 12.5. The second kappa shape index (κ2) is 5.97. The summed E-state index contributed by atoms with van der Waals surface area (Å²) in [7, 11) is 1.62. The van der Waals surface area contributed by atoms with Crippen LogP contribution in [0.1, 0.15) is 26.3 Å². The Kier molecular flexibility index (Phi) is 4.29. The fourth-order valence-corrected chi connectivity index (χ4v) is 2.14. The van der Waals surface area contributed by atoms with Crippen molar-refractivity contribution in [3.8, 4) is 0 Å². The van der Waals surface area contributed by atoms with Crippen LogP contribution in [0.5, 0.6) is 0 Å². The Labute approximate surface area is 127 Å². The molecule has 0 aliphatic heterocycles. The van der Waals surface area contributed by atoms with Gasteiger partial charge in [0.15, 0.2) is 0 Å². The number of carbonyl (C=O) groups is 2. The van der Waals surface area contributed by atoms with Gasteiger partial charge in [0, 0.05) is 12.7 Å². The van der Waals surface area contributed by atoms with E-state index in [0.717, 1.165) is 5.56 Å². The number of halogens is 1. The van der Waals surface area contributed by atoms with Crippen LogP contribution in [0, 0.1) is 6.92 Å². The quantitative estimate of drug-likeness (QED) is 0.942. The van der Waals surface area contributed by atoms with Gasteiger partial charge in [0.2, 0.25) is 0 Å². The maximum Gasteiger partial charge on any atom is 0.335 e. The average molecular weight is 304 g/mol. The Balaban J connectivity index is 2.30. The number of hydrogen-bond donors (Lipinski definition) is 1. The Bertz CT molecular complexity index is 695. The predicted molar refractivity (Wildman–Crippen MR) is 82.3 cm³/mol. The van der Waals surface area contributed by atoms with Gasteiger partial charge in [0.25, 0.3) is 5.91 Å². The molecule has 0 saturated carbocycles. The highest BCUT2D eigenvalue weighted by Gasteiger charge is 2.17. The van der Waals surface area contributed by atoms with E-state index in [-0.39, 0.29) is 11.5 Å². The maximum absolute atomic E-state index is 12.5. The molecule has 0 atom stereocenters. The van der Waals surface area contributed by atoms with Crippen LogP contribution in [0.2, 0.25) is 5.02 Å². The standard InChI is InChI=1S/C16H14ClNO3/c1-10-4-3-5-13(14(10)17)15(19)18(2)12-8-6-11(7-9-12)16(20)21/h3-9H,1-2H3,(H,20,21). The molecule has 2 aromatic carbocycles. The summed E-state index contributed by atoms with van der Waals surface area (Å²) in [6.45, 7) is 1.83. The number of anilines is 1. The molecular formula is C16H14ClNO3. The van der Waals surface area contributed by atoms with Gasteiger partial charge < -0.3 is 10.0 Å². The normalized spacial score (nSPS) is 10.2. The largest absolute Gasteiger partial charge is 0.478 e. The highest BCUT2D eigenvalue weighted by molar-refractivity contribution is 6.35. The molecule has 0 heterocycles. The first kappa shape index (κ1) is 15.1. The van der Waals surface area contributed by atoms with Gasteiger partial charge in [-0.2, -0.15) is 0 Å². The van der Waals surface area contributed by atoms with E-state index in [1.807, 2.05) is 13.0 Å². The molecule has 0 spiro atoms. The molecule has 2 aromatic rings. The van der Waals surface area contributed by atoms with Crippen LogP contribution in [-0.4, -0.2) is 24.0 Å². The van der Waals surface area contributed by atoms with Crippen molar-refractivity contribution in [1.82, 2.24) is 0 Å². The van der Waals surface area contributed by atoms with Gasteiger partial charge in [-0.05, 0) is 42.8 Å². The molecule has 0 unspecified atom stereocenters. The third kappa shape index (κ3) is 3.06. The fraction of sp³-hybridized carbons (Fsp3) is 0.125. The molecule has 0 aromatic heterocycles. The highest BCUT2D eigenvalue weighted by atomic mass is 35.5. The van der Waals surface area contributed by atoms with Gasteiger partial charge in [-0.3, -0.25) is 4.79 Å². The second-order valence-corrected chi connectivity index (χ2v) is 5.03. The number of carboxylic acids is 1. The molecule has 0 radical (unpaired) electrons. The molecule has 108 valence electrons. The number of aromatic carboxylic acids is 1. The molecule has 0 saturated heterocycles. The summed E-state index contributed by atoms with van der Waals surface area (Å²) in [4.78, 5) is 24.7. The molecule has 4 nitrogen and oxygen atoms in total. The lowest BCUT2D eigenvalue weighted by molar-refractivity contribution is 0.0696. The first-order chi connectivity index (χ1) is 9.91. The van der Waals surface area contributed by atoms with E-state index in [1.54, 1.807) is 31.3 Å². The van der Waals surface area contributed by atoms with Crippen molar-refractivity contribution in [3.05, 3.63) is 64.2 Å². The van der Waals surface area contributed by atoms with Crippen LogP contribution in [-0.2, 0) is 0 Å². The van der Waals surface area contributed by atoms with Gasteiger partial charge in [0.1, 0.15) is 0 Å². The van der Waals surface area contributed by atoms with E-state index in [0.29, 0.717) is 16.3 Å². The minimum absolute atomic E-state index is 0.174. The Morgan fingerprint density at radius 2 is 1.71 bits per heavy atom. The monoisotopic (exact) mass is 303 g/mol. The lowest BCUT2D eigenvalue weighted by atomic mass is 10.1. The molecule has 0 fully saturated rings. The van der Waals surface area contributed by atoms with Crippen molar-refractivity contribution in [2.45, 2.75) is 6.92 Å². The lowest BCUT2D eigenvalue weighted by Crippen LogP contribution is -2.26. The van der Waals surface area contributed by atoms with Crippen LogP contribution in [0.3, 0.4) is 0 Å². The zero-order valence-electron chi connectivity index (χ0n) is 11.6. The van der Waals surface area contributed by atoms with Crippen molar-refractivity contribution >= 4 is 29.2 Å². The summed E-state index contributed by atoms with van der Waals surface area (Å²) in [5.74, 6) is -1.25. The van der Waals surface area contributed by atoms with Crippen molar-refractivity contribution in [2.75, 3.05) is 11.9 Å². The van der Waals surface area contributed by atoms with Gasteiger partial charge in [0.05, 0.1) is 16.1 Å². The lowest BCUT2D eigenvalue weighted by Gasteiger charge is -2.18.